The fourth-order valence-electron chi connectivity index (χ4n) is 2.36. The van der Waals surface area contributed by atoms with Gasteiger partial charge in [0.05, 0.1) is 10.9 Å². The van der Waals surface area contributed by atoms with Crippen molar-refractivity contribution in [1.29, 1.82) is 0 Å². The maximum atomic E-state index is 12.5. The molecule has 0 spiro atoms. The number of aromatic nitrogens is 4. The molecule has 3 rings (SSSR count). The van der Waals surface area contributed by atoms with Crippen LogP contribution in [0.2, 0.25) is 0 Å². The molecule has 0 saturated carbocycles. The molecule has 0 radical (unpaired) electrons. The van der Waals surface area contributed by atoms with Gasteiger partial charge in [-0.15, -0.1) is 5.10 Å². The molecular formula is C18H19N5OS. The van der Waals surface area contributed by atoms with Gasteiger partial charge in [-0.05, 0) is 54.5 Å². The molecule has 3 aromatic rings. The molecule has 25 heavy (non-hydrogen) atoms. The summed E-state index contributed by atoms with van der Waals surface area (Å²) in [5, 5.41) is 15.1. The van der Waals surface area contributed by atoms with E-state index < -0.39 is 0 Å². The van der Waals surface area contributed by atoms with Crippen LogP contribution >= 0.6 is 11.8 Å². The van der Waals surface area contributed by atoms with Crippen molar-refractivity contribution in [2.75, 3.05) is 5.32 Å². The van der Waals surface area contributed by atoms with Crippen molar-refractivity contribution in [3.05, 3.63) is 59.7 Å². The molecule has 0 bridgehead atoms. The number of carbonyl (C=O) groups excluding carboxylic acids is 1. The summed E-state index contributed by atoms with van der Waals surface area (Å²) in [5.41, 5.74) is 3.81. The van der Waals surface area contributed by atoms with E-state index in [0.717, 1.165) is 22.5 Å². The number of carbonyl (C=O) groups is 1. The number of nitrogens with zero attached hydrogens (tertiary/aromatic N) is 4. The minimum absolute atomic E-state index is 0.0846. The van der Waals surface area contributed by atoms with Crippen LogP contribution in [-0.4, -0.2) is 31.4 Å². The summed E-state index contributed by atoms with van der Waals surface area (Å²) < 4.78 is 1.66. The van der Waals surface area contributed by atoms with E-state index in [-0.39, 0.29) is 11.2 Å². The van der Waals surface area contributed by atoms with E-state index in [2.05, 4.69) is 20.8 Å². The highest BCUT2D eigenvalue weighted by atomic mass is 32.2. The Morgan fingerprint density at radius 3 is 2.48 bits per heavy atom. The average Bonchev–Trinajstić information content (AvgIpc) is 3.05. The van der Waals surface area contributed by atoms with Gasteiger partial charge in [-0.2, -0.15) is 4.68 Å². The Balaban J connectivity index is 1.75. The Labute approximate surface area is 150 Å². The summed E-state index contributed by atoms with van der Waals surface area (Å²) in [6.07, 6.45) is 0. The SMILES string of the molecule is Cc1ccccc1NC(=O)C(C)Sc1nnnn1-c1ccccc1C. The lowest BCUT2D eigenvalue weighted by Gasteiger charge is -2.13. The van der Waals surface area contributed by atoms with Gasteiger partial charge in [0.2, 0.25) is 11.1 Å². The monoisotopic (exact) mass is 353 g/mol. The Kier molecular flexibility index (Phi) is 5.14. The number of hydrogen-bond acceptors (Lipinski definition) is 5. The molecule has 1 aromatic heterocycles. The summed E-state index contributed by atoms with van der Waals surface area (Å²) in [6, 6.07) is 15.6. The fraction of sp³-hybridized carbons (Fsp3) is 0.222. The van der Waals surface area contributed by atoms with Crippen LogP contribution in [-0.2, 0) is 4.79 Å². The van der Waals surface area contributed by atoms with E-state index in [1.165, 1.54) is 11.8 Å². The molecule has 1 unspecified atom stereocenters. The van der Waals surface area contributed by atoms with Crippen LogP contribution in [0.25, 0.3) is 5.69 Å². The minimum Gasteiger partial charge on any atom is -0.325 e. The highest BCUT2D eigenvalue weighted by molar-refractivity contribution is 8.00. The molecule has 0 aliphatic heterocycles. The topological polar surface area (TPSA) is 72.7 Å². The molecule has 1 amide bonds. The average molecular weight is 353 g/mol. The summed E-state index contributed by atoms with van der Waals surface area (Å²) in [6.45, 7) is 5.81. The maximum Gasteiger partial charge on any atom is 0.237 e. The van der Waals surface area contributed by atoms with Gasteiger partial charge in [-0.1, -0.05) is 48.2 Å². The molecule has 2 aromatic carbocycles. The molecule has 0 saturated heterocycles. The first-order valence-electron chi connectivity index (χ1n) is 7.94. The van der Waals surface area contributed by atoms with E-state index in [1.54, 1.807) is 4.68 Å². The number of anilines is 1. The predicted octanol–water partition coefficient (Wildman–Crippen LogP) is 3.40. The van der Waals surface area contributed by atoms with E-state index in [9.17, 15) is 4.79 Å². The molecule has 7 heteroatoms. The third kappa shape index (κ3) is 3.88. The number of aryl methyl sites for hydroxylation is 2. The van der Waals surface area contributed by atoms with Gasteiger partial charge in [0.25, 0.3) is 0 Å². The van der Waals surface area contributed by atoms with Crippen LogP contribution in [0, 0.1) is 13.8 Å². The Bertz CT molecular complexity index is 892. The molecule has 0 fully saturated rings. The van der Waals surface area contributed by atoms with Crippen molar-refractivity contribution in [3.63, 3.8) is 0 Å². The number of para-hydroxylation sites is 2. The zero-order chi connectivity index (χ0) is 17.8. The number of amides is 1. The first-order valence-corrected chi connectivity index (χ1v) is 8.82. The van der Waals surface area contributed by atoms with E-state index in [4.69, 9.17) is 0 Å². The summed E-state index contributed by atoms with van der Waals surface area (Å²) in [7, 11) is 0. The molecule has 1 heterocycles. The number of thioether (sulfide) groups is 1. The van der Waals surface area contributed by atoms with E-state index >= 15 is 0 Å². The Hall–Kier alpha value is -2.67. The largest absolute Gasteiger partial charge is 0.325 e. The molecule has 0 aliphatic rings. The highest BCUT2D eigenvalue weighted by Gasteiger charge is 2.20. The van der Waals surface area contributed by atoms with Crippen LogP contribution in [0.4, 0.5) is 5.69 Å². The zero-order valence-corrected chi connectivity index (χ0v) is 15.1. The molecular weight excluding hydrogens is 334 g/mol. The Morgan fingerprint density at radius 2 is 1.76 bits per heavy atom. The number of rotatable bonds is 5. The number of benzene rings is 2. The second kappa shape index (κ2) is 7.48. The number of nitrogens with one attached hydrogen (secondary N) is 1. The van der Waals surface area contributed by atoms with Gasteiger partial charge in [0, 0.05) is 5.69 Å². The van der Waals surface area contributed by atoms with Crippen molar-refractivity contribution < 1.29 is 4.79 Å². The molecule has 1 N–H and O–H groups in total. The second-order valence-corrected chi connectivity index (χ2v) is 7.03. The molecule has 6 nitrogen and oxygen atoms in total. The first-order chi connectivity index (χ1) is 12.1. The third-order valence-corrected chi connectivity index (χ3v) is 4.87. The lowest BCUT2D eigenvalue weighted by Crippen LogP contribution is -2.23. The number of tetrazole rings is 1. The van der Waals surface area contributed by atoms with Gasteiger partial charge < -0.3 is 5.32 Å². The normalized spacial score (nSPS) is 12.0. The standard InChI is InChI=1S/C18H19N5OS/c1-12-8-4-6-10-15(12)19-17(24)14(3)25-18-20-21-22-23(18)16-11-7-5-9-13(16)2/h4-11,14H,1-3H3,(H,19,24). The second-order valence-electron chi connectivity index (χ2n) is 5.72. The lowest BCUT2D eigenvalue weighted by atomic mass is 10.2. The van der Waals surface area contributed by atoms with Gasteiger partial charge in [-0.3, -0.25) is 4.79 Å². The van der Waals surface area contributed by atoms with Crippen LogP contribution in [0.15, 0.2) is 53.7 Å². The number of hydrogen-bond donors (Lipinski definition) is 1. The minimum atomic E-state index is -0.339. The first kappa shape index (κ1) is 17.2. The molecule has 1 atom stereocenters. The molecule has 128 valence electrons. The van der Waals surface area contributed by atoms with Crippen molar-refractivity contribution in [1.82, 2.24) is 20.2 Å². The van der Waals surface area contributed by atoms with Crippen molar-refractivity contribution in [3.8, 4) is 5.69 Å². The van der Waals surface area contributed by atoms with Gasteiger partial charge >= 0.3 is 0 Å². The van der Waals surface area contributed by atoms with Crippen LogP contribution in [0.5, 0.6) is 0 Å². The van der Waals surface area contributed by atoms with Gasteiger partial charge in [0.15, 0.2) is 0 Å². The van der Waals surface area contributed by atoms with Crippen molar-refractivity contribution >= 4 is 23.4 Å². The van der Waals surface area contributed by atoms with E-state index in [1.807, 2.05) is 69.3 Å². The fourth-order valence-corrected chi connectivity index (χ4v) is 3.16. The van der Waals surface area contributed by atoms with Gasteiger partial charge in [-0.25, -0.2) is 0 Å². The highest BCUT2D eigenvalue weighted by Crippen LogP contribution is 2.25. The predicted molar refractivity (Wildman–Crippen MR) is 99.0 cm³/mol. The van der Waals surface area contributed by atoms with Crippen LogP contribution in [0.3, 0.4) is 0 Å². The zero-order valence-electron chi connectivity index (χ0n) is 14.3. The van der Waals surface area contributed by atoms with E-state index in [0.29, 0.717) is 5.16 Å². The maximum absolute atomic E-state index is 12.5. The quantitative estimate of drug-likeness (QED) is 0.712. The molecule has 0 aliphatic carbocycles. The summed E-state index contributed by atoms with van der Waals surface area (Å²) >= 11 is 1.33. The lowest BCUT2D eigenvalue weighted by molar-refractivity contribution is -0.115. The summed E-state index contributed by atoms with van der Waals surface area (Å²) in [4.78, 5) is 12.5. The third-order valence-electron chi connectivity index (χ3n) is 3.84. The van der Waals surface area contributed by atoms with Crippen LogP contribution in [0.1, 0.15) is 18.1 Å². The van der Waals surface area contributed by atoms with Gasteiger partial charge in [0.1, 0.15) is 0 Å². The smallest absolute Gasteiger partial charge is 0.237 e. The van der Waals surface area contributed by atoms with Crippen LogP contribution < -0.4 is 5.32 Å². The summed E-state index contributed by atoms with van der Waals surface area (Å²) in [5.74, 6) is -0.0846. The Morgan fingerprint density at radius 1 is 1.08 bits per heavy atom. The van der Waals surface area contributed by atoms with Crippen molar-refractivity contribution in [2.24, 2.45) is 0 Å². The van der Waals surface area contributed by atoms with Crippen molar-refractivity contribution in [2.45, 2.75) is 31.2 Å².